The van der Waals surface area contributed by atoms with Gasteiger partial charge in [-0.3, -0.25) is 4.79 Å². The van der Waals surface area contributed by atoms with Gasteiger partial charge in [0.1, 0.15) is 11.4 Å². The molecule has 0 aliphatic carbocycles. The molecule has 2 N–H and O–H groups in total. The number of carboxylic acids is 1. The van der Waals surface area contributed by atoms with Gasteiger partial charge < -0.3 is 14.6 Å². The minimum absolute atomic E-state index is 0.0913. The van der Waals surface area contributed by atoms with Crippen LogP contribution >= 0.6 is 23.8 Å². The third-order valence-corrected chi connectivity index (χ3v) is 3.98. The summed E-state index contributed by atoms with van der Waals surface area (Å²) in [6.07, 6.45) is 2.51. The normalized spacial score (nSPS) is 12.5. The van der Waals surface area contributed by atoms with Crippen LogP contribution in [0.5, 0.6) is 0 Å². The molecular formula is C15H16ClNO4S. The Balaban J connectivity index is 2.40. The number of aryl methyl sites for hydroxylation is 1. The van der Waals surface area contributed by atoms with Gasteiger partial charge in [-0.1, -0.05) is 24.9 Å². The summed E-state index contributed by atoms with van der Waals surface area (Å²) in [7, 11) is 0. The van der Waals surface area contributed by atoms with Crippen LogP contribution in [0.25, 0.3) is 11.1 Å². The molecule has 7 heteroatoms. The van der Waals surface area contributed by atoms with E-state index in [1.165, 1.54) is 0 Å². The Morgan fingerprint density at radius 1 is 1.45 bits per heavy atom. The largest absolute Gasteiger partial charge is 0.501 e. The van der Waals surface area contributed by atoms with Crippen molar-refractivity contribution in [2.24, 2.45) is 0 Å². The second-order valence-electron chi connectivity index (χ2n) is 5.06. The standard InChI is InChI=1S/C15H16ClNO4S/c1-2-3-4-8-5-12-11(7-10(8)16)17-14(21-12)9(15(20)22)6-13(18)19/h5,7,9H,2-4,6H2,1H3,(H,18,19)(H,20,22). The second-order valence-corrected chi connectivity index (χ2v) is 5.88. The highest BCUT2D eigenvalue weighted by molar-refractivity contribution is 7.80. The van der Waals surface area contributed by atoms with Crippen LogP contribution in [0.2, 0.25) is 5.02 Å². The van der Waals surface area contributed by atoms with E-state index >= 15 is 0 Å². The van der Waals surface area contributed by atoms with Crippen molar-refractivity contribution in [1.29, 1.82) is 0 Å². The van der Waals surface area contributed by atoms with Gasteiger partial charge in [0.2, 0.25) is 5.89 Å². The van der Waals surface area contributed by atoms with Crippen molar-refractivity contribution in [2.75, 3.05) is 0 Å². The number of aliphatic hydroxyl groups is 1. The number of carbonyl (C=O) groups is 1. The molecule has 1 heterocycles. The van der Waals surface area contributed by atoms with Crippen LogP contribution in [-0.2, 0) is 11.2 Å². The molecule has 0 saturated heterocycles. The summed E-state index contributed by atoms with van der Waals surface area (Å²) in [6, 6.07) is 3.50. The molecule has 0 amide bonds. The highest BCUT2D eigenvalue weighted by Gasteiger charge is 2.26. The van der Waals surface area contributed by atoms with Crippen LogP contribution in [0.1, 0.15) is 43.6 Å². The number of aliphatic hydroxyl groups excluding tert-OH is 1. The average Bonchev–Trinajstić information content (AvgIpc) is 2.83. The van der Waals surface area contributed by atoms with Crippen molar-refractivity contribution < 1.29 is 19.4 Å². The van der Waals surface area contributed by atoms with Crippen LogP contribution in [0.15, 0.2) is 16.5 Å². The monoisotopic (exact) mass is 341 g/mol. The summed E-state index contributed by atoms with van der Waals surface area (Å²) in [4.78, 5) is 15.1. The van der Waals surface area contributed by atoms with Crippen molar-refractivity contribution in [3.05, 3.63) is 28.6 Å². The highest BCUT2D eigenvalue weighted by atomic mass is 35.5. The Hall–Kier alpha value is -1.66. The minimum atomic E-state index is -1.09. The van der Waals surface area contributed by atoms with E-state index in [4.69, 9.17) is 33.3 Å². The highest BCUT2D eigenvalue weighted by Crippen LogP contribution is 2.29. The van der Waals surface area contributed by atoms with Crippen molar-refractivity contribution >= 4 is 45.9 Å². The number of oxazole rings is 1. The number of hydrogen-bond acceptors (Lipinski definition) is 4. The zero-order valence-corrected chi connectivity index (χ0v) is 13.6. The fraction of sp³-hybridized carbons (Fsp3) is 0.400. The number of aliphatic carboxylic acids is 1. The van der Waals surface area contributed by atoms with Gasteiger partial charge in [-0.15, -0.1) is 0 Å². The van der Waals surface area contributed by atoms with Crippen LogP contribution in [0.3, 0.4) is 0 Å². The molecule has 1 atom stereocenters. The molecule has 1 unspecified atom stereocenters. The molecule has 22 heavy (non-hydrogen) atoms. The van der Waals surface area contributed by atoms with E-state index in [-0.39, 0.29) is 12.3 Å². The Bertz CT molecular complexity index is 713. The molecule has 1 aromatic heterocycles. The molecule has 5 nitrogen and oxygen atoms in total. The first-order valence-corrected chi connectivity index (χ1v) is 7.74. The molecule has 2 rings (SSSR count). The number of rotatable bonds is 7. The maximum Gasteiger partial charge on any atom is 0.304 e. The summed E-state index contributed by atoms with van der Waals surface area (Å²) in [5.41, 5.74) is 1.99. The number of fused-ring (bicyclic) bond motifs is 1. The smallest absolute Gasteiger partial charge is 0.304 e. The van der Waals surface area contributed by atoms with Crippen molar-refractivity contribution in [3.63, 3.8) is 0 Å². The fourth-order valence-electron chi connectivity index (χ4n) is 2.17. The maximum absolute atomic E-state index is 10.9. The van der Waals surface area contributed by atoms with Gasteiger partial charge >= 0.3 is 5.97 Å². The lowest BCUT2D eigenvalue weighted by Gasteiger charge is -2.06. The molecular weight excluding hydrogens is 326 g/mol. The summed E-state index contributed by atoms with van der Waals surface area (Å²) < 4.78 is 5.59. The van der Waals surface area contributed by atoms with Crippen LogP contribution in [0, 0.1) is 0 Å². The van der Waals surface area contributed by atoms with E-state index in [0.717, 1.165) is 24.8 Å². The first kappa shape index (κ1) is 16.7. The minimum Gasteiger partial charge on any atom is -0.501 e. The lowest BCUT2D eigenvalue weighted by molar-refractivity contribution is -0.137. The average molecular weight is 342 g/mol. The van der Waals surface area contributed by atoms with Gasteiger partial charge in [-0.05, 0) is 42.8 Å². The Labute approximate surface area is 137 Å². The van der Waals surface area contributed by atoms with Crippen LogP contribution in [-0.4, -0.2) is 26.2 Å². The molecule has 118 valence electrons. The SMILES string of the molecule is CCCCc1cc2oc(C(CC(=O)O)C(O)=S)nc2cc1Cl. The van der Waals surface area contributed by atoms with Crippen LogP contribution < -0.4 is 0 Å². The molecule has 1 aromatic carbocycles. The number of unbranched alkanes of at least 4 members (excludes halogenated alkanes) is 1. The topological polar surface area (TPSA) is 83.6 Å². The number of halogens is 1. The van der Waals surface area contributed by atoms with E-state index in [9.17, 15) is 9.90 Å². The van der Waals surface area contributed by atoms with E-state index < -0.39 is 16.9 Å². The Morgan fingerprint density at radius 2 is 2.18 bits per heavy atom. The van der Waals surface area contributed by atoms with E-state index in [1.807, 2.05) is 6.07 Å². The molecule has 0 fully saturated rings. The van der Waals surface area contributed by atoms with Gasteiger partial charge in [-0.25, -0.2) is 4.98 Å². The van der Waals surface area contributed by atoms with Gasteiger partial charge in [0.05, 0.1) is 6.42 Å². The third kappa shape index (κ3) is 3.75. The number of carboxylic acid groups (broad SMARTS) is 1. The predicted molar refractivity (Wildman–Crippen MR) is 87.9 cm³/mol. The van der Waals surface area contributed by atoms with Gasteiger partial charge in [-0.2, -0.15) is 0 Å². The molecule has 0 spiro atoms. The summed E-state index contributed by atoms with van der Waals surface area (Å²) in [5.74, 6) is -1.95. The fourth-order valence-corrected chi connectivity index (χ4v) is 2.61. The van der Waals surface area contributed by atoms with Crippen LogP contribution in [0.4, 0.5) is 0 Å². The molecule has 0 saturated carbocycles. The Morgan fingerprint density at radius 3 is 2.77 bits per heavy atom. The number of thiocarbonyl (C=S) groups is 1. The lowest BCUT2D eigenvalue weighted by Crippen LogP contribution is -2.14. The molecule has 0 aliphatic heterocycles. The predicted octanol–water partition coefficient (Wildman–Crippen LogP) is 4.27. The molecule has 0 radical (unpaired) electrons. The zero-order chi connectivity index (χ0) is 16.3. The number of benzene rings is 1. The van der Waals surface area contributed by atoms with Crippen molar-refractivity contribution in [1.82, 2.24) is 4.98 Å². The summed E-state index contributed by atoms with van der Waals surface area (Å²) in [5, 5.41) is 18.5. The summed E-state index contributed by atoms with van der Waals surface area (Å²) in [6.45, 7) is 2.09. The third-order valence-electron chi connectivity index (χ3n) is 3.35. The van der Waals surface area contributed by atoms with E-state index in [0.29, 0.717) is 16.1 Å². The number of hydrogen-bond donors (Lipinski definition) is 2. The van der Waals surface area contributed by atoms with E-state index in [1.54, 1.807) is 6.07 Å². The van der Waals surface area contributed by atoms with Gasteiger partial charge in [0.15, 0.2) is 10.6 Å². The van der Waals surface area contributed by atoms with Crippen molar-refractivity contribution in [2.45, 2.75) is 38.5 Å². The zero-order valence-electron chi connectivity index (χ0n) is 12.0. The summed E-state index contributed by atoms with van der Waals surface area (Å²) >= 11 is 10.9. The van der Waals surface area contributed by atoms with Gasteiger partial charge in [0, 0.05) is 5.02 Å². The Kier molecular flexibility index (Phi) is 5.37. The van der Waals surface area contributed by atoms with Gasteiger partial charge in [0.25, 0.3) is 0 Å². The second kappa shape index (κ2) is 7.07. The quantitative estimate of drug-likeness (QED) is 0.732. The van der Waals surface area contributed by atoms with E-state index in [2.05, 4.69) is 11.9 Å². The maximum atomic E-state index is 10.9. The number of aromatic nitrogens is 1. The molecule has 0 aliphatic rings. The van der Waals surface area contributed by atoms with Crippen molar-refractivity contribution in [3.8, 4) is 0 Å². The number of nitrogens with zero attached hydrogens (tertiary/aromatic N) is 1. The first-order chi connectivity index (χ1) is 10.4. The molecule has 2 aromatic rings. The lowest BCUT2D eigenvalue weighted by atomic mass is 10.1. The first-order valence-electron chi connectivity index (χ1n) is 6.95. The molecule has 0 bridgehead atoms.